The fourth-order valence-corrected chi connectivity index (χ4v) is 3.47. The zero-order chi connectivity index (χ0) is 21.7. The van der Waals surface area contributed by atoms with Gasteiger partial charge < -0.3 is 14.6 Å². The van der Waals surface area contributed by atoms with Gasteiger partial charge in [0.25, 0.3) is 0 Å². The summed E-state index contributed by atoms with van der Waals surface area (Å²) in [6.45, 7) is 11.0. The number of rotatable bonds is 6. The number of hydrogen-bond donors (Lipinski definition) is 1. The molecule has 0 atom stereocenters. The summed E-state index contributed by atoms with van der Waals surface area (Å²) in [4.78, 5) is 32.9. The molecule has 1 aromatic heterocycles. The fraction of sp³-hybridized carbons (Fsp3) is 0.522. The van der Waals surface area contributed by atoms with Crippen LogP contribution in [0.5, 0.6) is 0 Å². The van der Waals surface area contributed by atoms with Gasteiger partial charge in [-0.15, -0.1) is 0 Å². The van der Waals surface area contributed by atoms with Crippen LogP contribution in [0.15, 0.2) is 34.9 Å². The van der Waals surface area contributed by atoms with Gasteiger partial charge in [0.05, 0.1) is 12.7 Å². The molecule has 3 rings (SSSR count). The maximum atomic E-state index is 12.6. The second kappa shape index (κ2) is 9.43. The van der Waals surface area contributed by atoms with Gasteiger partial charge in [-0.3, -0.25) is 14.5 Å². The first-order valence-electron chi connectivity index (χ1n) is 10.5. The number of nitrogens with one attached hydrogen (secondary N) is 1. The lowest BCUT2D eigenvalue weighted by atomic mass is 10.1. The molecule has 0 spiro atoms. The van der Waals surface area contributed by atoms with E-state index < -0.39 is 0 Å². The monoisotopic (exact) mass is 412 g/mol. The number of carbonyl (C=O) groups excluding carboxylic acids is 2. The van der Waals surface area contributed by atoms with E-state index in [0.717, 1.165) is 11.3 Å². The van der Waals surface area contributed by atoms with Gasteiger partial charge in [0.1, 0.15) is 0 Å². The summed E-state index contributed by atoms with van der Waals surface area (Å²) >= 11 is 0. The van der Waals surface area contributed by atoms with Crippen molar-refractivity contribution in [1.29, 1.82) is 0 Å². The molecule has 0 saturated carbocycles. The smallest absolute Gasteiger partial charge is 0.234 e. The number of aromatic nitrogens is 1. The average Bonchev–Trinajstić information content (AvgIpc) is 3.15. The highest BCUT2D eigenvalue weighted by Gasteiger charge is 2.23. The maximum Gasteiger partial charge on any atom is 0.234 e. The van der Waals surface area contributed by atoms with Crippen LogP contribution in [0.1, 0.15) is 38.6 Å². The maximum absolute atomic E-state index is 12.6. The molecule has 7 nitrogen and oxygen atoms in total. The summed E-state index contributed by atoms with van der Waals surface area (Å²) < 4.78 is 5.81. The second-order valence-electron chi connectivity index (χ2n) is 8.94. The first kappa shape index (κ1) is 22.0. The normalized spacial score (nSPS) is 15.3. The third kappa shape index (κ3) is 6.42. The van der Waals surface area contributed by atoms with Crippen molar-refractivity contribution in [1.82, 2.24) is 20.1 Å². The van der Waals surface area contributed by atoms with Crippen LogP contribution in [0.2, 0.25) is 0 Å². The van der Waals surface area contributed by atoms with Crippen molar-refractivity contribution in [2.75, 3.05) is 32.7 Å². The Hall–Kier alpha value is -2.67. The topological polar surface area (TPSA) is 78.7 Å². The number of amides is 2. The van der Waals surface area contributed by atoms with E-state index in [1.165, 1.54) is 5.56 Å². The molecule has 1 aliphatic rings. The van der Waals surface area contributed by atoms with Gasteiger partial charge in [0.2, 0.25) is 11.8 Å². The number of aryl methyl sites for hydroxylation is 2. The molecule has 1 aromatic carbocycles. The molecule has 30 heavy (non-hydrogen) atoms. The fourth-order valence-electron chi connectivity index (χ4n) is 3.47. The van der Waals surface area contributed by atoms with Gasteiger partial charge in [-0.1, -0.05) is 29.8 Å². The molecular weight excluding hydrogens is 380 g/mol. The lowest BCUT2D eigenvalue weighted by molar-refractivity contribution is -0.133. The number of piperazine rings is 1. The molecule has 1 N–H and O–H groups in total. The molecule has 162 valence electrons. The lowest BCUT2D eigenvalue weighted by Crippen LogP contribution is -2.52. The van der Waals surface area contributed by atoms with E-state index in [1.807, 2.05) is 56.9 Å². The highest BCUT2D eigenvalue weighted by atomic mass is 16.4. The zero-order valence-corrected chi connectivity index (χ0v) is 18.4. The van der Waals surface area contributed by atoms with Gasteiger partial charge in [-0.25, -0.2) is 4.98 Å². The van der Waals surface area contributed by atoms with Crippen LogP contribution < -0.4 is 5.32 Å². The molecule has 1 saturated heterocycles. The molecule has 7 heteroatoms. The van der Waals surface area contributed by atoms with E-state index in [4.69, 9.17) is 4.42 Å². The zero-order valence-electron chi connectivity index (χ0n) is 18.4. The molecular formula is C23H32N4O3. The standard InChI is InChI=1S/C23H32N4O3/c1-17-5-7-18(8-6-17)19-15-24-21(30-19)9-10-22(29)27-13-11-26(12-14-27)16-20(28)25-23(2,3)4/h5-8,15H,9-14,16H2,1-4H3,(H,25,28). The number of benzene rings is 1. The summed E-state index contributed by atoms with van der Waals surface area (Å²) in [6, 6.07) is 8.08. The SMILES string of the molecule is Cc1ccc(-c2cnc(CCC(=O)N3CCN(CC(=O)NC(C)(C)C)CC3)o2)cc1. The summed E-state index contributed by atoms with van der Waals surface area (Å²) in [5.41, 5.74) is 1.95. The Kier molecular flexibility index (Phi) is 6.92. The summed E-state index contributed by atoms with van der Waals surface area (Å²) in [5, 5.41) is 2.98. The van der Waals surface area contributed by atoms with E-state index >= 15 is 0 Å². The van der Waals surface area contributed by atoms with E-state index in [1.54, 1.807) is 6.20 Å². The first-order valence-corrected chi connectivity index (χ1v) is 10.5. The van der Waals surface area contributed by atoms with E-state index in [2.05, 4.69) is 15.2 Å². The highest BCUT2D eigenvalue weighted by Crippen LogP contribution is 2.21. The largest absolute Gasteiger partial charge is 0.441 e. The first-order chi connectivity index (χ1) is 14.2. The van der Waals surface area contributed by atoms with Gasteiger partial charge in [-0.05, 0) is 27.7 Å². The van der Waals surface area contributed by atoms with Crippen molar-refractivity contribution in [3.05, 3.63) is 41.9 Å². The Labute approximate surface area is 178 Å². The average molecular weight is 413 g/mol. The van der Waals surface area contributed by atoms with Crippen molar-refractivity contribution in [3.8, 4) is 11.3 Å². The Balaban J connectivity index is 1.42. The molecule has 1 fully saturated rings. The molecule has 2 amide bonds. The van der Waals surface area contributed by atoms with Gasteiger partial charge in [0, 0.05) is 50.1 Å². The molecule has 0 radical (unpaired) electrons. The van der Waals surface area contributed by atoms with Crippen LogP contribution in [0.25, 0.3) is 11.3 Å². The predicted octanol–water partition coefficient (Wildman–Crippen LogP) is 2.64. The van der Waals surface area contributed by atoms with Gasteiger partial charge in [0.15, 0.2) is 11.7 Å². The van der Waals surface area contributed by atoms with Crippen LogP contribution in [0.3, 0.4) is 0 Å². The van der Waals surface area contributed by atoms with E-state index in [9.17, 15) is 9.59 Å². The van der Waals surface area contributed by atoms with Gasteiger partial charge >= 0.3 is 0 Å². The third-order valence-corrected chi connectivity index (χ3v) is 5.05. The van der Waals surface area contributed by atoms with Gasteiger partial charge in [-0.2, -0.15) is 0 Å². The summed E-state index contributed by atoms with van der Waals surface area (Å²) in [7, 11) is 0. The molecule has 0 bridgehead atoms. The van der Waals surface area contributed by atoms with E-state index in [-0.39, 0.29) is 17.4 Å². The molecule has 0 unspecified atom stereocenters. The lowest BCUT2D eigenvalue weighted by Gasteiger charge is -2.35. The summed E-state index contributed by atoms with van der Waals surface area (Å²) in [5.74, 6) is 1.43. The summed E-state index contributed by atoms with van der Waals surface area (Å²) in [6.07, 6.45) is 2.57. The van der Waals surface area contributed by atoms with Crippen LogP contribution >= 0.6 is 0 Å². The van der Waals surface area contributed by atoms with Crippen LogP contribution in [0.4, 0.5) is 0 Å². The minimum atomic E-state index is -0.228. The van der Waals surface area contributed by atoms with Crippen molar-refractivity contribution in [2.45, 2.75) is 46.1 Å². The Bertz CT molecular complexity index is 859. The third-order valence-electron chi connectivity index (χ3n) is 5.05. The Morgan fingerprint density at radius 2 is 1.77 bits per heavy atom. The number of nitrogens with zero attached hydrogens (tertiary/aromatic N) is 3. The van der Waals surface area contributed by atoms with Crippen molar-refractivity contribution < 1.29 is 14.0 Å². The molecule has 2 aromatic rings. The van der Waals surface area contributed by atoms with E-state index in [0.29, 0.717) is 51.5 Å². The Morgan fingerprint density at radius 3 is 2.40 bits per heavy atom. The molecule has 2 heterocycles. The Morgan fingerprint density at radius 1 is 1.10 bits per heavy atom. The minimum Gasteiger partial charge on any atom is -0.441 e. The van der Waals surface area contributed by atoms with Crippen LogP contribution in [0, 0.1) is 6.92 Å². The molecule has 1 aliphatic heterocycles. The predicted molar refractivity (Wildman–Crippen MR) is 116 cm³/mol. The molecule has 0 aliphatic carbocycles. The van der Waals surface area contributed by atoms with Crippen molar-refractivity contribution in [3.63, 3.8) is 0 Å². The highest BCUT2D eigenvalue weighted by molar-refractivity contribution is 5.79. The quantitative estimate of drug-likeness (QED) is 0.789. The van der Waals surface area contributed by atoms with Crippen LogP contribution in [-0.4, -0.2) is 64.9 Å². The second-order valence-corrected chi connectivity index (χ2v) is 8.94. The number of oxazole rings is 1. The number of hydrogen-bond acceptors (Lipinski definition) is 5. The number of carbonyl (C=O) groups is 2. The van der Waals surface area contributed by atoms with Crippen molar-refractivity contribution >= 4 is 11.8 Å². The van der Waals surface area contributed by atoms with Crippen molar-refractivity contribution in [2.24, 2.45) is 0 Å². The minimum absolute atomic E-state index is 0.0237. The van der Waals surface area contributed by atoms with Crippen LogP contribution in [-0.2, 0) is 16.0 Å².